The van der Waals surface area contributed by atoms with Gasteiger partial charge in [-0.2, -0.15) is 0 Å². The Balaban J connectivity index is 2.67. The molecule has 1 fully saturated rings. The molecule has 1 aliphatic heterocycles. The van der Waals surface area contributed by atoms with Gasteiger partial charge in [0.2, 0.25) is 0 Å². The molecule has 14 heavy (non-hydrogen) atoms. The lowest BCUT2D eigenvalue weighted by atomic mass is 10.1. The first-order valence-electron chi connectivity index (χ1n) is 4.20. The Morgan fingerprint density at radius 1 is 1.50 bits per heavy atom. The minimum Gasteiger partial charge on any atom is -0.481 e. The molecule has 6 nitrogen and oxygen atoms in total. The van der Waals surface area contributed by atoms with Crippen LogP contribution in [0.15, 0.2) is 0 Å². The van der Waals surface area contributed by atoms with Crippen LogP contribution < -0.4 is 5.32 Å². The normalized spacial score (nSPS) is 19.7. The van der Waals surface area contributed by atoms with E-state index in [2.05, 4.69) is 5.32 Å². The van der Waals surface area contributed by atoms with Crippen LogP contribution in [-0.4, -0.2) is 40.0 Å². The average molecular weight is 200 g/mol. The number of urea groups is 1. The minimum absolute atomic E-state index is 0.0799. The van der Waals surface area contributed by atoms with Gasteiger partial charge >= 0.3 is 12.0 Å². The topological polar surface area (TPSA) is 86.7 Å². The Bertz CT molecular complexity index is 298. The molecule has 0 spiro atoms. The number of rotatable bonds is 3. The van der Waals surface area contributed by atoms with E-state index in [1.54, 1.807) is 13.8 Å². The molecule has 0 aliphatic carbocycles. The van der Waals surface area contributed by atoms with E-state index in [1.807, 2.05) is 0 Å². The molecule has 0 unspecified atom stereocenters. The summed E-state index contributed by atoms with van der Waals surface area (Å²) >= 11 is 0. The lowest BCUT2D eigenvalue weighted by Crippen LogP contribution is -2.40. The Kier molecular flexibility index (Phi) is 2.46. The highest BCUT2D eigenvalue weighted by Crippen LogP contribution is 2.16. The first-order chi connectivity index (χ1) is 6.34. The van der Waals surface area contributed by atoms with Crippen molar-refractivity contribution < 1.29 is 19.5 Å². The van der Waals surface area contributed by atoms with E-state index >= 15 is 0 Å². The van der Waals surface area contributed by atoms with Crippen molar-refractivity contribution >= 4 is 17.9 Å². The number of carboxylic acids is 1. The van der Waals surface area contributed by atoms with Crippen LogP contribution in [0.1, 0.15) is 20.3 Å². The molecule has 0 saturated carbocycles. The van der Waals surface area contributed by atoms with E-state index in [4.69, 9.17) is 5.11 Å². The van der Waals surface area contributed by atoms with E-state index < -0.39 is 17.5 Å². The highest BCUT2D eigenvalue weighted by molar-refractivity contribution is 6.06. The van der Waals surface area contributed by atoms with Gasteiger partial charge in [0.15, 0.2) is 0 Å². The number of aliphatic carboxylic acids is 1. The van der Waals surface area contributed by atoms with E-state index in [9.17, 15) is 14.4 Å². The maximum atomic E-state index is 11.5. The molecule has 3 amide bonds. The van der Waals surface area contributed by atoms with Gasteiger partial charge in [0.25, 0.3) is 5.91 Å². The Morgan fingerprint density at radius 3 is 2.43 bits per heavy atom. The van der Waals surface area contributed by atoms with Gasteiger partial charge in [-0.25, -0.2) is 4.79 Å². The number of nitrogens with one attached hydrogen (secondary N) is 1. The second-order valence-corrected chi connectivity index (χ2v) is 3.66. The summed E-state index contributed by atoms with van der Waals surface area (Å²) in [6.07, 6.45) is -0.227. The van der Waals surface area contributed by atoms with Crippen molar-refractivity contribution in [2.45, 2.75) is 25.8 Å². The van der Waals surface area contributed by atoms with Gasteiger partial charge in [0.1, 0.15) is 5.54 Å². The predicted octanol–water partition coefficient (Wildman–Crippen LogP) is -0.209. The zero-order valence-electron chi connectivity index (χ0n) is 8.03. The summed E-state index contributed by atoms with van der Waals surface area (Å²) in [5, 5.41) is 10.9. The number of nitrogens with zero attached hydrogens (tertiary/aromatic N) is 1. The summed E-state index contributed by atoms with van der Waals surface area (Å²) in [5.74, 6) is -1.42. The molecule has 0 aromatic heterocycles. The minimum atomic E-state index is -1.03. The van der Waals surface area contributed by atoms with Crippen LogP contribution >= 0.6 is 0 Å². The number of hydrogen-bond donors (Lipinski definition) is 2. The molecule has 0 aromatic carbocycles. The van der Waals surface area contributed by atoms with Gasteiger partial charge in [0.05, 0.1) is 6.42 Å². The van der Waals surface area contributed by atoms with Gasteiger partial charge in [0, 0.05) is 6.54 Å². The molecule has 1 heterocycles. The molecule has 0 atom stereocenters. The summed E-state index contributed by atoms with van der Waals surface area (Å²) in [5.41, 5.74) is -0.921. The third-order valence-electron chi connectivity index (χ3n) is 1.99. The van der Waals surface area contributed by atoms with Gasteiger partial charge in [-0.15, -0.1) is 0 Å². The van der Waals surface area contributed by atoms with Gasteiger partial charge in [-0.1, -0.05) is 0 Å². The van der Waals surface area contributed by atoms with Crippen LogP contribution in [0.3, 0.4) is 0 Å². The third-order valence-corrected chi connectivity index (χ3v) is 1.99. The third kappa shape index (κ3) is 1.84. The fraction of sp³-hybridized carbons (Fsp3) is 0.625. The number of carbonyl (C=O) groups excluding carboxylic acids is 2. The summed E-state index contributed by atoms with van der Waals surface area (Å²) in [6.45, 7) is 3.07. The lowest BCUT2D eigenvalue weighted by Gasteiger charge is -2.14. The van der Waals surface area contributed by atoms with Crippen molar-refractivity contribution in [1.29, 1.82) is 0 Å². The summed E-state index contributed by atoms with van der Waals surface area (Å²) in [7, 11) is 0. The standard InChI is InChI=1S/C8H12N2O4/c1-8(2)6(13)10(7(14)9-8)4-3-5(11)12/h3-4H2,1-2H3,(H,9,14)(H,11,12). The number of hydrogen-bond acceptors (Lipinski definition) is 3. The molecule has 2 N–H and O–H groups in total. The van der Waals surface area contributed by atoms with Crippen LogP contribution in [0.2, 0.25) is 0 Å². The van der Waals surface area contributed by atoms with E-state index in [1.165, 1.54) is 0 Å². The van der Waals surface area contributed by atoms with E-state index in [-0.39, 0.29) is 18.9 Å². The molecular formula is C8H12N2O4. The quantitative estimate of drug-likeness (QED) is 0.617. The van der Waals surface area contributed by atoms with Gasteiger partial charge in [-0.05, 0) is 13.8 Å². The highest BCUT2D eigenvalue weighted by Gasteiger charge is 2.43. The smallest absolute Gasteiger partial charge is 0.325 e. The monoisotopic (exact) mass is 200 g/mol. The van der Waals surface area contributed by atoms with E-state index in [0.717, 1.165) is 4.90 Å². The van der Waals surface area contributed by atoms with Crippen LogP contribution in [0, 0.1) is 0 Å². The zero-order valence-corrected chi connectivity index (χ0v) is 8.03. The fourth-order valence-corrected chi connectivity index (χ4v) is 1.23. The first kappa shape index (κ1) is 10.5. The number of amides is 3. The lowest BCUT2D eigenvalue weighted by molar-refractivity contribution is -0.137. The molecule has 0 bridgehead atoms. The van der Waals surface area contributed by atoms with Crippen LogP contribution in [-0.2, 0) is 9.59 Å². The number of carboxylic acid groups (broad SMARTS) is 1. The van der Waals surface area contributed by atoms with Crippen molar-refractivity contribution in [3.05, 3.63) is 0 Å². The largest absolute Gasteiger partial charge is 0.481 e. The SMILES string of the molecule is CC1(C)NC(=O)N(CCC(=O)O)C1=O. The average Bonchev–Trinajstić information content (AvgIpc) is 2.19. The predicted molar refractivity (Wildman–Crippen MR) is 46.6 cm³/mol. The molecular weight excluding hydrogens is 188 g/mol. The molecule has 6 heteroatoms. The van der Waals surface area contributed by atoms with Gasteiger partial charge in [-0.3, -0.25) is 14.5 Å². The van der Waals surface area contributed by atoms with Crippen LogP contribution in [0.4, 0.5) is 4.79 Å². The van der Waals surface area contributed by atoms with Crippen LogP contribution in [0.25, 0.3) is 0 Å². The molecule has 0 aromatic rings. The number of imide groups is 1. The Morgan fingerprint density at radius 2 is 2.07 bits per heavy atom. The highest BCUT2D eigenvalue weighted by atomic mass is 16.4. The van der Waals surface area contributed by atoms with Crippen molar-refractivity contribution in [2.75, 3.05) is 6.54 Å². The summed E-state index contributed by atoms with van der Waals surface area (Å²) in [6, 6.07) is -0.527. The molecule has 1 aliphatic rings. The Labute approximate surface area is 80.9 Å². The van der Waals surface area contributed by atoms with Crippen LogP contribution in [0.5, 0.6) is 0 Å². The summed E-state index contributed by atoms with van der Waals surface area (Å²) in [4.78, 5) is 33.9. The maximum absolute atomic E-state index is 11.5. The molecule has 1 rings (SSSR count). The second kappa shape index (κ2) is 3.28. The molecule has 78 valence electrons. The second-order valence-electron chi connectivity index (χ2n) is 3.66. The van der Waals surface area contributed by atoms with Crippen molar-refractivity contribution in [1.82, 2.24) is 10.2 Å². The van der Waals surface area contributed by atoms with Crippen molar-refractivity contribution in [3.8, 4) is 0 Å². The molecule has 1 saturated heterocycles. The van der Waals surface area contributed by atoms with E-state index in [0.29, 0.717) is 0 Å². The van der Waals surface area contributed by atoms with Gasteiger partial charge < -0.3 is 10.4 Å². The number of carbonyl (C=O) groups is 3. The fourth-order valence-electron chi connectivity index (χ4n) is 1.23. The summed E-state index contributed by atoms with van der Waals surface area (Å²) < 4.78 is 0. The molecule has 0 radical (unpaired) electrons. The Hall–Kier alpha value is -1.59. The van der Waals surface area contributed by atoms with Crippen molar-refractivity contribution in [3.63, 3.8) is 0 Å². The first-order valence-corrected chi connectivity index (χ1v) is 4.20. The maximum Gasteiger partial charge on any atom is 0.325 e. The zero-order chi connectivity index (χ0) is 10.9. The van der Waals surface area contributed by atoms with Crippen molar-refractivity contribution in [2.24, 2.45) is 0 Å².